The summed E-state index contributed by atoms with van der Waals surface area (Å²) in [4.78, 5) is 2.53. The maximum atomic E-state index is 3.92. The van der Waals surface area contributed by atoms with E-state index in [1.54, 1.807) is 0 Å². The summed E-state index contributed by atoms with van der Waals surface area (Å²) in [5.41, 5.74) is 1.39. The zero-order valence-electron chi connectivity index (χ0n) is 12.7. The van der Waals surface area contributed by atoms with Crippen LogP contribution in [-0.4, -0.2) is 25.2 Å². The van der Waals surface area contributed by atoms with Crippen LogP contribution in [0.4, 0.5) is 5.69 Å². The molecule has 0 aromatic heterocycles. The molecule has 0 bridgehead atoms. The highest BCUT2D eigenvalue weighted by Crippen LogP contribution is 2.34. The van der Waals surface area contributed by atoms with Crippen molar-refractivity contribution >= 4 is 5.69 Å². The number of nitrogens with zero attached hydrogens (tertiary/aromatic N) is 1. The molecule has 1 aromatic rings. The summed E-state index contributed by atoms with van der Waals surface area (Å²) in [6.07, 6.45) is 8.23. The molecule has 110 valence electrons. The van der Waals surface area contributed by atoms with Gasteiger partial charge in [-0.1, -0.05) is 38.0 Å². The van der Waals surface area contributed by atoms with Crippen LogP contribution >= 0.6 is 0 Å². The molecule has 2 fully saturated rings. The van der Waals surface area contributed by atoms with Gasteiger partial charge in [0.1, 0.15) is 0 Å². The van der Waals surface area contributed by atoms with Gasteiger partial charge < -0.3 is 10.2 Å². The molecule has 1 unspecified atom stereocenters. The van der Waals surface area contributed by atoms with Gasteiger partial charge in [0.25, 0.3) is 0 Å². The van der Waals surface area contributed by atoms with Crippen molar-refractivity contribution in [3.8, 4) is 0 Å². The van der Waals surface area contributed by atoms with Gasteiger partial charge in [0.15, 0.2) is 0 Å². The lowest BCUT2D eigenvalue weighted by Crippen LogP contribution is -2.46. The Bertz CT molecular complexity index is 391. The van der Waals surface area contributed by atoms with Gasteiger partial charge in [0, 0.05) is 30.9 Å². The fraction of sp³-hybridized carbons (Fsp3) is 0.667. The van der Waals surface area contributed by atoms with Gasteiger partial charge in [-0.2, -0.15) is 0 Å². The number of nitrogens with one attached hydrogen (secondary N) is 1. The third-order valence-electron chi connectivity index (χ3n) is 4.90. The minimum absolute atomic E-state index is 0.735. The van der Waals surface area contributed by atoms with Gasteiger partial charge in [0.2, 0.25) is 0 Å². The Balaban J connectivity index is 1.45. The molecule has 0 amide bonds. The van der Waals surface area contributed by atoms with Crippen LogP contribution < -0.4 is 10.2 Å². The zero-order chi connectivity index (χ0) is 13.8. The number of para-hydroxylation sites is 1. The Morgan fingerprint density at radius 3 is 2.40 bits per heavy atom. The van der Waals surface area contributed by atoms with E-state index in [0.29, 0.717) is 0 Å². The van der Waals surface area contributed by atoms with Crippen LogP contribution in [0.1, 0.15) is 45.4 Å². The molecule has 1 aliphatic heterocycles. The van der Waals surface area contributed by atoms with Crippen molar-refractivity contribution in [1.29, 1.82) is 0 Å². The third-order valence-corrected chi connectivity index (χ3v) is 4.90. The standard InChI is InChI=1S/C18H28N2/c1-2-16(14-15-8-9-15)19-17-10-12-20(13-11-17)18-6-4-3-5-7-18/h3-7,15-17,19H,2,8-14H2,1H3. The average molecular weight is 272 g/mol. The Morgan fingerprint density at radius 2 is 1.80 bits per heavy atom. The summed E-state index contributed by atoms with van der Waals surface area (Å²) < 4.78 is 0. The molecule has 1 aliphatic carbocycles. The maximum Gasteiger partial charge on any atom is 0.0366 e. The maximum absolute atomic E-state index is 3.92. The highest BCUT2D eigenvalue weighted by molar-refractivity contribution is 5.46. The summed E-state index contributed by atoms with van der Waals surface area (Å²) in [6.45, 7) is 4.72. The van der Waals surface area contributed by atoms with Crippen molar-refractivity contribution in [2.24, 2.45) is 5.92 Å². The molecule has 2 nitrogen and oxygen atoms in total. The number of piperidine rings is 1. The summed E-state index contributed by atoms with van der Waals surface area (Å²) in [5.74, 6) is 1.04. The van der Waals surface area contributed by atoms with Crippen LogP contribution in [0.2, 0.25) is 0 Å². The van der Waals surface area contributed by atoms with Crippen molar-refractivity contribution in [1.82, 2.24) is 5.32 Å². The SMILES string of the molecule is CCC(CC1CC1)NC1CCN(c2ccccc2)CC1. The van der Waals surface area contributed by atoms with Crippen LogP contribution in [0.5, 0.6) is 0 Å². The predicted molar refractivity (Wildman–Crippen MR) is 86.2 cm³/mol. The van der Waals surface area contributed by atoms with Crippen LogP contribution in [0.15, 0.2) is 30.3 Å². The van der Waals surface area contributed by atoms with Crippen molar-refractivity contribution in [2.75, 3.05) is 18.0 Å². The van der Waals surface area contributed by atoms with Crippen LogP contribution in [-0.2, 0) is 0 Å². The van der Waals surface area contributed by atoms with Crippen LogP contribution in [0.3, 0.4) is 0 Å². The molecule has 1 N–H and O–H groups in total. The first-order valence-electron chi connectivity index (χ1n) is 8.41. The summed E-state index contributed by atoms with van der Waals surface area (Å²) in [6, 6.07) is 12.3. The molecular formula is C18H28N2. The molecule has 1 atom stereocenters. The highest BCUT2D eigenvalue weighted by atomic mass is 15.1. The topological polar surface area (TPSA) is 15.3 Å². The van der Waals surface area contributed by atoms with Crippen molar-refractivity contribution in [3.63, 3.8) is 0 Å². The average Bonchev–Trinajstić information content (AvgIpc) is 3.32. The van der Waals surface area contributed by atoms with E-state index in [2.05, 4.69) is 47.5 Å². The van der Waals surface area contributed by atoms with Gasteiger partial charge >= 0.3 is 0 Å². The first-order chi connectivity index (χ1) is 9.85. The Kier molecular flexibility index (Phi) is 4.62. The Morgan fingerprint density at radius 1 is 1.10 bits per heavy atom. The van der Waals surface area contributed by atoms with Crippen molar-refractivity contribution in [3.05, 3.63) is 30.3 Å². The van der Waals surface area contributed by atoms with E-state index in [-0.39, 0.29) is 0 Å². The highest BCUT2D eigenvalue weighted by Gasteiger charge is 2.27. The summed E-state index contributed by atoms with van der Waals surface area (Å²) in [5, 5.41) is 3.92. The van der Waals surface area contributed by atoms with Crippen LogP contribution in [0.25, 0.3) is 0 Å². The minimum atomic E-state index is 0.735. The van der Waals surface area contributed by atoms with E-state index in [1.807, 2.05) is 0 Å². The molecule has 1 saturated carbocycles. The first-order valence-corrected chi connectivity index (χ1v) is 8.41. The fourth-order valence-electron chi connectivity index (χ4n) is 3.38. The zero-order valence-corrected chi connectivity index (χ0v) is 12.7. The smallest absolute Gasteiger partial charge is 0.0366 e. The fourth-order valence-corrected chi connectivity index (χ4v) is 3.38. The van der Waals surface area contributed by atoms with Gasteiger partial charge in [-0.3, -0.25) is 0 Å². The molecule has 1 heterocycles. The molecule has 0 spiro atoms. The van der Waals surface area contributed by atoms with E-state index in [9.17, 15) is 0 Å². The molecule has 1 saturated heterocycles. The quantitative estimate of drug-likeness (QED) is 0.847. The lowest BCUT2D eigenvalue weighted by Gasteiger charge is -2.36. The second-order valence-electron chi connectivity index (χ2n) is 6.55. The largest absolute Gasteiger partial charge is 0.371 e. The molecule has 0 radical (unpaired) electrons. The van der Waals surface area contributed by atoms with E-state index < -0.39 is 0 Å². The van der Waals surface area contributed by atoms with E-state index in [0.717, 1.165) is 18.0 Å². The lowest BCUT2D eigenvalue weighted by molar-refractivity contribution is 0.340. The van der Waals surface area contributed by atoms with E-state index >= 15 is 0 Å². The van der Waals surface area contributed by atoms with Crippen molar-refractivity contribution in [2.45, 2.75) is 57.5 Å². The number of hydrogen-bond donors (Lipinski definition) is 1. The molecular weight excluding hydrogens is 244 g/mol. The summed E-state index contributed by atoms with van der Waals surface area (Å²) >= 11 is 0. The van der Waals surface area contributed by atoms with Crippen molar-refractivity contribution < 1.29 is 0 Å². The normalized spacial score (nSPS) is 21.9. The number of benzene rings is 1. The molecule has 2 heteroatoms. The number of hydrogen-bond acceptors (Lipinski definition) is 2. The predicted octanol–water partition coefficient (Wildman–Crippen LogP) is 3.82. The first kappa shape index (κ1) is 13.9. The Hall–Kier alpha value is -1.02. The molecule has 3 rings (SSSR count). The van der Waals surface area contributed by atoms with Gasteiger partial charge in [-0.25, -0.2) is 0 Å². The van der Waals surface area contributed by atoms with E-state index in [1.165, 1.54) is 57.3 Å². The number of rotatable bonds is 6. The number of anilines is 1. The molecule has 2 aliphatic rings. The second kappa shape index (κ2) is 6.62. The Labute approximate surface area is 123 Å². The lowest BCUT2D eigenvalue weighted by atomic mass is 10.0. The summed E-state index contributed by atoms with van der Waals surface area (Å²) in [7, 11) is 0. The van der Waals surface area contributed by atoms with Gasteiger partial charge in [0.05, 0.1) is 0 Å². The van der Waals surface area contributed by atoms with Gasteiger partial charge in [-0.15, -0.1) is 0 Å². The van der Waals surface area contributed by atoms with E-state index in [4.69, 9.17) is 0 Å². The monoisotopic (exact) mass is 272 g/mol. The molecule has 20 heavy (non-hydrogen) atoms. The minimum Gasteiger partial charge on any atom is -0.371 e. The molecule has 1 aromatic carbocycles. The van der Waals surface area contributed by atoms with Crippen LogP contribution in [0, 0.1) is 5.92 Å². The third kappa shape index (κ3) is 3.76. The van der Waals surface area contributed by atoms with Gasteiger partial charge in [-0.05, 0) is 43.7 Å². The second-order valence-corrected chi connectivity index (χ2v) is 6.55.